The molecule has 0 atom stereocenters. The van der Waals surface area contributed by atoms with E-state index in [0.717, 1.165) is 4.47 Å². The number of amides is 1. The minimum Gasteiger partial charge on any atom is -0.486 e. The number of hydrogen-bond donors (Lipinski definition) is 0. The summed E-state index contributed by atoms with van der Waals surface area (Å²) in [4.78, 5) is 27.1. The van der Waals surface area contributed by atoms with Crippen LogP contribution in [0.1, 0.15) is 40.0 Å². The number of hydrogen-bond acceptors (Lipinski definition) is 3. The molecule has 26 heavy (non-hydrogen) atoms. The fourth-order valence-corrected chi connectivity index (χ4v) is 4.07. The second kappa shape index (κ2) is 6.71. The van der Waals surface area contributed by atoms with Gasteiger partial charge in [-0.3, -0.25) is 9.59 Å². The van der Waals surface area contributed by atoms with E-state index in [9.17, 15) is 9.59 Å². The molecule has 6 heteroatoms. The SMILES string of the molecule is O=C1CC2(CCN(C(=O)c3ccc(Br)cc3)CC2)Oc2ccc(Cl)cc21. The monoisotopic (exact) mass is 433 g/mol. The fraction of sp³-hybridized carbons (Fsp3) is 0.300. The van der Waals surface area contributed by atoms with E-state index in [0.29, 0.717) is 54.3 Å². The van der Waals surface area contributed by atoms with Gasteiger partial charge < -0.3 is 9.64 Å². The molecule has 1 saturated heterocycles. The summed E-state index contributed by atoms with van der Waals surface area (Å²) in [5.41, 5.74) is 0.704. The van der Waals surface area contributed by atoms with Crippen molar-refractivity contribution in [1.29, 1.82) is 0 Å². The highest BCUT2D eigenvalue weighted by Gasteiger charge is 2.43. The maximum absolute atomic E-state index is 12.7. The van der Waals surface area contributed by atoms with E-state index < -0.39 is 5.60 Å². The van der Waals surface area contributed by atoms with E-state index in [4.69, 9.17) is 16.3 Å². The van der Waals surface area contributed by atoms with Crippen LogP contribution in [0.15, 0.2) is 46.9 Å². The third kappa shape index (κ3) is 3.26. The molecule has 2 heterocycles. The fourth-order valence-electron chi connectivity index (χ4n) is 3.64. The highest BCUT2D eigenvalue weighted by Crippen LogP contribution is 2.40. The van der Waals surface area contributed by atoms with Crippen LogP contribution in [0.3, 0.4) is 0 Å². The Morgan fingerprint density at radius 2 is 1.81 bits per heavy atom. The molecular formula is C20H17BrClNO3. The van der Waals surface area contributed by atoms with Gasteiger partial charge >= 0.3 is 0 Å². The predicted octanol–water partition coefficient (Wildman–Crippen LogP) is 4.74. The van der Waals surface area contributed by atoms with Crippen LogP contribution in [-0.2, 0) is 0 Å². The molecule has 2 aliphatic rings. The van der Waals surface area contributed by atoms with Crippen molar-refractivity contribution in [3.63, 3.8) is 0 Å². The normalized spacial score (nSPS) is 18.4. The molecule has 0 aliphatic carbocycles. The molecule has 1 fully saturated rings. The van der Waals surface area contributed by atoms with Crippen molar-refractivity contribution >= 4 is 39.2 Å². The van der Waals surface area contributed by atoms with Gasteiger partial charge in [0.1, 0.15) is 11.4 Å². The average molecular weight is 435 g/mol. The number of halogens is 2. The molecule has 0 N–H and O–H groups in total. The molecule has 4 rings (SSSR count). The minimum absolute atomic E-state index is 0.0154. The first kappa shape index (κ1) is 17.6. The molecule has 134 valence electrons. The summed E-state index contributed by atoms with van der Waals surface area (Å²) in [5.74, 6) is 0.668. The summed E-state index contributed by atoms with van der Waals surface area (Å²) in [6.45, 7) is 1.15. The summed E-state index contributed by atoms with van der Waals surface area (Å²) in [6.07, 6.45) is 1.62. The summed E-state index contributed by atoms with van der Waals surface area (Å²) in [7, 11) is 0. The van der Waals surface area contributed by atoms with Crippen molar-refractivity contribution in [1.82, 2.24) is 4.90 Å². The van der Waals surface area contributed by atoms with Crippen LogP contribution >= 0.6 is 27.5 Å². The molecule has 0 unspecified atom stereocenters. The largest absolute Gasteiger partial charge is 0.486 e. The number of carbonyl (C=O) groups excluding carboxylic acids is 2. The first-order valence-corrected chi connectivity index (χ1v) is 9.70. The molecule has 2 aromatic rings. The molecule has 1 amide bonds. The smallest absolute Gasteiger partial charge is 0.253 e. The number of ketones is 1. The number of ether oxygens (including phenoxy) is 1. The van der Waals surface area contributed by atoms with Crippen LogP contribution in [0.2, 0.25) is 5.02 Å². The van der Waals surface area contributed by atoms with Crippen molar-refractivity contribution < 1.29 is 14.3 Å². The molecule has 4 nitrogen and oxygen atoms in total. The van der Waals surface area contributed by atoms with Gasteiger partial charge in [0, 0.05) is 41.0 Å². The third-order valence-corrected chi connectivity index (χ3v) is 5.87. The van der Waals surface area contributed by atoms with Crippen LogP contribution in [0.25, 0.3) is 0 Å². The first-order chi connectivity index (χ1) is 12.5. The van der Waals surface area contributed by atoms with Gasteiger partial charge in [0.25, 0.3) is 5.91 Å². The molecule has 0 aromatic heterocycles. The minimum atomic E-state index is -0.519. The lowest BCUT2D eigenvalue weighted by Crippen LogP contribution is -2.52. The van der Waals surface area contributed by atoms with Gasteiger partial charge in [-0.25, -0.2) is 0 Å². The Labute approximate surface area is 165 Å². The van der Waals surface area contributed by atoms with Crippen molar-refractivity contribution in [3.8, 4) is 5.75 Å². The molecular weight excluding hydrogens is 418 g/mol. The van der Waals surface area contributed by atoms with Crippen LogP contribution in [0, 0.1) is 0 Å². The van der Waals surface area contributed by atoms with E-state index in [-0.39, 0.29) is 11.7 Å². The van der Waals surface area contributed by atoms with Crippen LogP contribution < -0.4 is 4.74 Å². The zero-order chi connectivity index (χ0) is 18.3. The van der Waals surface area contributed by atoms with Crippen LogP contribution in [-0.4, -0.2) is 35.3 Å². The van der Waals surface area contributed by atoms with Crippen molar-refractivity contribution in [2.45, 2.75) is 24.9 Å². The average Bonchev–Trinajstić information content (AvgIpc) is 2.63. The standard InChI is InChI=1S/C20H17BrClNO3/c21-14-3-1-13(2-4-14)19(25)23-9-7-20(8-10-23)12-17(24)16-11-15(22)5-6-18(16)26-20/h1-6,11H,7-10,12H2. The summed E-state index contributed by atoms with van der Waals surface area (Å²) < 4.78 is 7.16. The number of rotatable bonds is 1. The lowest BCUT2D eigenvalue weighted by molar-refractivity contribution is -0.00570. The van der Waals surface area contributed by atoms with Gasteiger partial charge in [0.15, 0.2) is 5.78 Å². The second-order valence-corrected chi connectivity index (χ2v) is 8.18. The van der Waals surface area contributed by atoms with Crippen LogP contribution in [0.4, 0.5) is 0 Å². The van der Waals surface area contributed by atoms with Gasteiger partial charge in [-0.1, -0.05) is 27.5 Å². The molecule has 1 spiro atoms. The van der Waals surface area contributed by atoms with Gasteiger partial charge in [-0.2, -0.15) is 0 Å². The molecule has 2 aliphatic heterocycles. The molecule has 0 bridgehead atoms. The van der Waals surface area contributed by atoms with Gasteiger partial charge in [-0.05, 0) is 42.5 Å². The van der Waals surface area contributed by atoms with Crippen molar-refractivity contribution in [2.75, 3.05) is 13.1 Å². The quantitative estimate of drug-likeness (QED) is 0.651. The lowest BCUT2D eigenvalue weighted by atomic mass is 9.82. The Hall–Kier alpha value is -1.85. The maximum atomic E-state index is 12.7. The Bertz CT molecular complexity index is 873. The zero-order valence-electron chi connectivity index (χ0n) is 14.0. The first-order valence-electron chi connectivity index (χ1n) is 8.52. The lowest BCUT2D eigenvalue weighted by Gasteiger charge is -2.44. The zero-order valence-corrected chi connectivity index (χ0v) is 16.3. The summed E-state index contributed by atoms with van der Waals surface area (Å²) in [6, 6.07) is 12.5. The maximum Gasteiger partial charge on any atom is 0.253 e. The van der Waals surface area contributed by atoms with Crippen LogP contribution in [0.5, 0.6) is 5.75 Å². The number of Topliss-reactive ketones (excluding diaryl/α,β-unsaturated/α-hetero) is 1. The molecule has 2 aromatic carbocycles. The molecule has 0 saturated carbocycles. The summed E-state index contributed by atoms with van der Waals surface area (Å²) >= 11 is 9.37. The van der Waals surface area contributed by atoms with E-state index in [1.54, 1.807) is 18.2 Å². The topological polar surface area (TPSA) is 46.6 Å². The van der Waals surface area contributed by atoms with Gasteiger partial charge in [-0.15, -0.1) is 0 Å². The Morgan fingerprint density at radius 1 is 1.12 bits per heavy atom. The number of piperidine rings is 1. The Morgan fingerprint density at radius 3 is 2.50 bits per heavy atom. The van der Waals surface area contributed by atoms with E-state index in [1.807, 2.05) is 29.2 Å². The number of likely N-dealkylation sites (tertiary alicyclic amines) is 1. The number of benzene rings is 2. The van der Waals surface area contributed by atoms with Gasteiger partial charge in [0.2, 0.25) is 0 Å². The summed E-state index contributed by atoms with van der Waals surface area (Å²) in [5, 5.41) is 0.534. The number of fused-ring (bicyclic) bond motifs is 1. The predicted molar refractivity (Wildman–Crippen MR) is 103 cm³/mol. The van der Waals surface area contributed by atoms with E-state index in [1.165, 1.54) is 0 Å². The second-order valence-electron chi connectivity index (χ2n) is 6.82. The van der Waals surface area contributed by atoms with E-state index >= 15 is 0 Å². The van der Waals surface area contributed by atoms with Crippen molar-refractivity contribution in [3.05, 3.63) is 63.1 Å². The highest BCUT2D eigenvalue weighted by atomic mass is 79.9. The Kier molecular flexibility index (Phi) is 4.53. The van der Waals surface area contributed by atoms with Crippen molar-refractivity contribution in [2.24, 2.45) is 0 Å². The van der Waals surface area contributed by atoms with Gasteiger partial charge in [0.05, 0.1) is 12.0 Å². The highest BCUT2D eigenvalue weighted by molar-refractivity contribution is 9.10. The Balaban J connectivity index is 1.48. The molecule has 0 radical (unpaired) electrons. The van der Waals surface area contributed by atoms with E-state index in [2.05, 4.69) is 15.9 Å². The number of carbonyl (C=O) groups is 2. The number of nitrogens with zero attached hydrogens (tertiary/aromatic N) is 1. The third-order valence-electron chi connectivity index (χ3n) is 5.10.